The molecule has 3 aromatic carbocycles. The van der Waals surface area contributed by atoms with Crippen LogP contribution in [0.3, 0.4) is 0 Å². The molecule has 3 heterocycles. The van der Waals surface area contributed by atoms with Crippen LogP contribution in [0, 0.1) is 5.82 Å². The van der Waals surface area contributed by atoms with E-state index in [2.05, 4.69) is 20.3 Å². The van der Waals surface area contributed by atoms with E-state index in [9.17, 15) is 19.1 Å². The predicted octanol–water partition coefficient (Wildman–Crippen LogP) is 5.96. The molecule has 8 nitrogen and oxygen atoms in total. The lowest BCUT2D eigenvalue weighted by molar-refractivity contribution is 0.469. The largest absolute Gasteiger partial charge is 0.508 e. The van der Waals surface area contributed by atoms with E-state index >= 15 is 0 Å². The first-order chi connectivity index (χ1) is 19.3. The SMILES string of the molecule is C[C@H](Nc1ncnc2[nH]ccc(=O)c12)c1c(Cl)c2cccc(-c3cc(O)cc(F)c3)c2c(=O)n1-c1ccccc1. The number of pyridine rings is 2. The maximum Gasteiger partial charge on any atom is 0.263 e. The Kier molecular flexibility index (Phi) is 6.28. The molecule has 0 spiro atoms. The van der Waals surface area contributed by atoms with Gasteiger partial charge in [0.1, 0.15) is 34.7 Å². The zero-order valence-corrected chi connectivity index (χ0v) is 21.8. The smallest absolute Gasteiger partial charge is 0.263 e. The molecule has 0 fully saturated rings. The Labute approximate surface area is 231 Å². The van der Waals surface area contributed by atoms with Gasteiger partial charge in [0.25, 0.3) is 5.56 Å². The summed E-state index contributed by atoms with van der Waals surface area (Å²) in [7, 11) is 0. The topological polar surface area (TPSA) is 113 Å². The Hall–Kier alpha value is -5.02. The Balaban J connectivity index is 1.63. The number of hydrogen-bond acceptors (Lipinski definition) is 6. The molecule has 6 rings (SSSR count). The highest BCUT2D eigenvalue weighted by Gasteiger charge is 2.24. The van der Waals surface area contributed by atoms with Crippen molar-refractivity contribution in [2.24, 2.45) is 0 Å². The highest BCUT2D eigenvalue weighted by Crippen LogP contribution is 2.37. The van der Waals surface area contributed by atoms with Gasteiger partial charge >= 0.3 is 0 Å². The zero-order chi connectivity index (χ0) is 28.0. The fourth-order valence-electron chi connectivity index (χ4n) is 5.00. The number of para-hydroxylation sites is 1. The van der Waals surface area contributed by atoms with Crippen molar-refractivity contribution >= 4 is 39.2 Å². The Morgan fingerprint density at radius 2 is 1.80 bits per heavy atom. The Bertz CT molecular complexity index is 2020. The van der Waals surface area contributed by atoms with Crippen molar-refractivity contribution in [1.82, 2.24) is 19.5 Å². The van der Waals surface area contributed by atoms with E-state index in [1.165, 1.54) is 35.3 Å². The number of nitrogens with one attached hydrogen (secondary N) is 2. The second-order valence-corrected chi connectivity index (χ2v) is 9.63. The Morgan fingerprint density at radius 1 is 1.00 bits per heavy atom. The highest BCUT2D eigenvalue weighted by atomic mass is 35.5. The van der Waals surface area contributed by atoms with Crippen LogP contribution in [0.1, 0.15) is 18.7 Å². The lowest BCUT2D eigenvalue weighted by atomic mass is 9.97. The van der Waals surface area contributed by atoms with Gasteiger partial charge in [-0.3, -0.25) is 14.2 Å². The fraction of sp³-hybridized carbons (Fsp3) is 0.0667. The first-order valence-corrected chi connectivity index (χ1v) is 12.7. The van der Waals surface area contributed by atoms with Gasteiger partial charge < -0.3 is 15.4 Å². The van der Waals surface area contributed by atoms with Crippen LogP contribution in [0.5, 0.6) is 5.75 Å². The van der Waals surface area contributed by atoms with Gasteiger partial charge in [-0.15, -0.1) is 0 Å². The summed E-state index contributed by atoms with van der Waals surface area (Å²) in [5, 5.41) is 14.6. The second kappa shape index (κ2) is 9.94. The predicted molar refractivity (Wildman–Crippen MR) is 154 cm³/mol. The zero-order valence-electron chi connectivity index (χ0n) is 21.0. The van der Waals surface area contributed by atoms with Crippen molar-refractivity contribution in [2.75, 3.05) is 5.32 Å². The van der Waals surface area contributed by atoms with E-state index in [0.717, 1.165) is 6.07 Å². The fourth-order valence-corrected chi connectivity index (χ4v) is 5.41. The number of aromatic hydroxyl groups is 1. The van der Waals surface area contributed by atoms with Crippen molar-refractivity contribution in [2.45, 2.75) is 13.0 Å². The maximum atomic E-state index is 14.3. The van der Waals surface area contributed by atoms with Crippen LogP contribution in [0.2, 0.25) is 5.02 Å². The van der Waals surface area contributed by atoms with Crippen molar-refractivity contribution in [3.8, 4) is 22.6 Å². The number of anilines is 1. The first kappa shape index (κ1) is 25.3. The van der Waals surface area contributed by atoms with E-state index in [4.69, 9.17) is 11.6 Å². The van der Waals surface area contributed by atoms with Crippen LogP contribution in [0.15, 0.2) is 94.9 Å². The molecular formula is C30H21ClFN5O3. The molecule has 0 aliphatic heterocycles. The van der Waals surface area contributed by atoms with Crippen LogP contribution >= 0.6 is 11.6 Å². The molecular weight excluding hydrogens is 533 g/mol. The van der Waals surface area contributed by atoms with Gasteiger partial charge in [0.05, 0.1) is 22.1 Å². The number of halogens is 2. The minimum atomic E-state index is -0.636. The number of rotatable bonds is 5. The minimum absolute atomic E-state index is 0.261. The molecule has 0 saturated heterocycles. The second-order valence-electron chi connectivity index (χ2n) is 9.26. The molecule has 1 atom stereocenters. The molecule has 6 aromatic rings. The quantitative estimate of drug-likeness (QED) is 0.243. The summed E-state index contributed by atoms with van der Waals surface area (Å²) in [4.78, 5) is 38.4. The number of phenolic OH excluding ortho intramolecular Hbond substituents is 1. The van der Waals surface area contributed by atoms with E-state index in [0.29, 0.717) is 33.5 Å². The molecule has 10 heteroatoms. The molecule has 0 saturated carbocycles. The molecule has 40 heavy (non-hydrogen) atoms. The Morgan fingerprint density at radius 3 is 2.58 bits per heavy atom. The minimum Gasteiger partial charge on any atom is -0.508 e. The maximum absolute atomic E-state index is 14.3. The van der Waals surface area contributed by atoms with Crippen molar-refractivity contribution in [3.05, 3.63) is 122 Å². The lowest BCUT2D eigenvalue weighted by Crippen LogP contribution is -2.27. The van der Waals surface area contributed by atoms with Gasteiger partial charge in [-0.1, -0.05) is 48.0 Å². The number of hydrogen-bond donors (Lipinski definition) is 3. The first-order valence-electron chi connectivity index (χ1n) is 12.3. The van der Waals surface area contributed by atoms with Crippen molar-refractivity contribution < 1.29 is 9.50 Å². The van der Waals surface area contributed by atoms with Crippen molar-refractivity contribution in [3.63, 3.8) is 0 Å². The van der Waals surface area contributed by atoms with Gasteiger partial charge in [-0.25, -0.2) is 14.4 Å². The number of phenols is 1. The molecule has 0 aliphatic rings. The molecule has 0 radical (unpaired) electrons. The van der Waals surface area contributed by atoms with Gasteiger partial charge in [-0.05, 0) is 42.3 Å². The summed E-state index contributed by atoms with van der Waals surface area (Å²) < 4.78 is 15.7. The van der Waals surface area contributed by atoms with Crippen LogP contribution in [0.4, 0.5) is 10.2 Å². The summed E-state index contributed by atoms with van der Waals surface area (Å²) in [6.07, 6.45) is 2.84. The molecule has 3 aromatic heterocycles. The third kappa shape index (κ3) is 4.26. The van der Waals surface area contributed by atoms with E-state index < -0.39 is 11.9 Å². The summed E-state index contributed by atoms with van der Waals surface area (Å²) >= 11 is 7.08. The summed E-state index contributed by atoms with van der Waals surface area (Å²) in [6.45, 7) is 1.81. The number of aromatic nitrogens is 4. The standard InChI is InChI=1S/C30H21ClFN5O3/c1-16(36-29-25-23(39)10-11-33-28(25)34-15-35-29)27-26(31)22-9-5-8-21(17-12-18(32)14-20(38)13-17)24(22)30(40)37(27)19-6-3-2-4-7-19/h2-16,38H,1H3,(H2,33,34,35,36,39)/t16-/m0/s1. The number of nitrogens with zero attached hydrogens (tertiary/aromatic N) is 3. The highest BCUT2D eigenvalue weighted by molar-refractivity contribution is 6.36. The van der Waals surface area contributed by atoms with Gasteiger partial charge in [0.2, 0.25) is 0 Å². The van der Waals surface area contributed by atoms with Crippen LogP contribution in [0.25, 0.3) is 38.6 Å². The van der Waals surface area contributed by atoms with Crippen LogP contribution in [-0.2, 0) is 0 Å². The number of aromatic amines is 1. The van der Waals surface area contributed by atoms with E-state index in [1.807, 2.05) is 13.0 Å². The van der Waals surface area contributed by atoms with Gasteiger partial charge in [0.15, 0.2) is 5.43 Å². The van der Waals surface area contributed by atoms with Crippen LogP contribution < -0.4 is 16.3 Å². The lowest BCUT2D eigenvalue weighted by Gasteiger charge is -2.24. The van der Waals surface area contributed by atoms with Crippen LogP contribution in [-0.4, -0.2) is 24.6 Å². The van der Waals surface area contributed by atoms with E-state index in [1.54, 1.807) is 42.5 Å². The van der Waals surface area contributed by atoms with Gasteiger partial charge in [0, 0.05) is 29.4 Å². The average molecular weight is 554 g/mol. The molecule has 0 aliphatic carbocycles. The molecule has 3 N–H and O–H groups in total. The molecule has 0 bridgehead atoms. The number of benzene rings is 3. The summed E-state index contributed by atoms with van der Waals surface area (Å²) in [5.74, 6) is -0.613. The van der Waals surface area contributed by atoms with E-state index in [-0.39, 0.29) is 38.4 Å². The summed E-state index contributed by atoms with van der Waals surface area (Å²) in [5.41, 5.74) is 1.46. The third-order valence-electron chi connectivity index (χ3n) is 6.70. The average Bonchev–Trinajstić information content (AvgIpc) is 2.94. The van der Waals surface area contributed by atoms with Crippen molar-refractivity contribution in [1.29, 1.82) is 0 Å². The number of fused-ring (bicyclic) bond motifs is 2. The molecule has 0 amide bonds. The molecule has 198 valence electrons. The number of H-pyrrole nitrogens is 1. The summed E-state index contributed by atoms with van der Waals surface area (Å²) in [6, 6.07) is 18.5. The van der Waals surface area contributed by atoms with Gasteiger partial charge in [-0.2, -0.15) is 0 Å². The normalized spacial score (nSPS) is 12.1. The third-order valence-corrected chi connectivity index (χ3v) is 7.10. The monoisotopic (exact) mass is 553 g/mol. The molecule has 0 unspecified atom stereocenters.